The van der Waals surface area contributed by atoms with Crippen molar-refractivity contribution in [3.05, 3.63) is 65.1 Å². The van der Waals surface area contributed by atoms with Crippen LogP contribution < -0.4 is 0 Å². The average Bonchev–Trinajstić information content (AvgIpc) is 3.39. The fourth-order valence-corrected chi connectivity index (χ4v) is 3.84. The van der Waals surface area contributed by atoms with E-state index in [9.17, 15) is 4.79 Å². The van der Waals surface area contributed by atoms with E-state index in [1.165, 1.54) is 29.3 Å². The van der Waals surface area contributed by atoms with E-state index in [4.69, 9.17) is 9.72 Å². The summed E-state index contributed by atoms with van der Waals surface area (Å²) < 4.78 is 7.97. The van der Waals surface area contributed by atoms with Gasteiger partial charge in [-0.3, -0.25) is 4.98 Å². The Kier molecular flexibility index (Phi) is 4.97. The van der Waals surface area contributed by atoms with Crippen molar-refractivity contribution in [2.24, 2.45) is 0 Å². The molecule has 0 spiro atoms. The number of aromatic nitrogens is 2. The molecular formula is C25H30N2O2. The number of hydrogen-bond acceptors (Lipinski definition) is 3. The zero-order valence-electron chi connectivity index (χ0n) is 18.0. The molecule has 1 fully saturated rings. The van der Waals surface area contributed by atoms with Crippen molar-refractivity contribution in [3.63, 3.8) is 0 Å². The number of pyridine rings is 1. The molecule has 1 aromatic carbocycles. The Morgan fingerprint density at radius 1 is 1.24 bits per heavy atom. The average molecular weight is 391 g/mol. The van der Waals surface area contributed by atoms with Gasteiger partial charge in [-0.05, 0) is 82.7 Å². The third-order valence-corrected chi connectivity index (χ3v) is 5.43. The lowest BCUT2D eigenvalue weighted by Crippen LogP contribution is -2.25. The molecule has 2 heterocycles. The summed E-state index contributed by atoms with van der Waals surface area (Å²) in [6, 6.07) is 10.9. The van der Waals surface area contributed by atoms with Crippen molar-refractivity contribution in [3.8, 4) is 0 Å². The van der Waals surface area contributed by atoms with Crippen LogP contribution in [-0.2, 0) is 11.2 Å². The van der Waals surface area contributed by atoms with E-state index >= 15 is 0 Å². The van der Waals surface area contributed by atoms with Gasteiger partial charge >= 0.3 is 5.97 Å². The topological polar surface area (TPSA) is 44.1 Å². The minimum Gasteiger partial charge on any atom is -0.456 e. The second-order valence-electron chi connectivity index (χ2n) is 9.38. The van der Waals surface area contributed by atoms with Gasteiger partial charge in [-0.15, -0.1) is 0 Å². The van der Waals surface area contributed by atoms with E-state index in [2.05, 4.69) is 48.9 Å². The summed E-state index contributed by atoms with van der Waals surface area (Å²) in [5.74, 6) is 0.260. The van der Waals surface area contributed by atoms with E-state index in [1.807, 2.05) is 33.0 Å². The lowest BCUT2D eigenvalue weighted by atomic mass is 10.00. The Morgan fingerprint density at radius 2 is 2.00 bits per heavy atom. The molecule has 0 amide bonds. The Bertz CT molecular complexity index is 1050. The largest absolute Gasteiger partial charge is 0.456 e. The van der Waals surface area contributed by atoms with Gasteiger partial charge in [-0.1, -0.05) is 12.1 Å². The first kappa shape index (κ1) is 19.7. The third-order valence-electron chi connectivity index (χ3n) is 5.43. The molecule has 1 aliphatic rings. The van der Waals surface area contributed by atoms with Gasteiger partial charge in [-0.25, -0.2) is 4.79 Å². The Morgan fingerprint density at radius 3 is 2.66 bits per heavy atom. The molecule has 0 aliphatic heterocycles. The van der Waals surface area contributed by atoms with Crippen molar-refractivity contribution in [2.45, 2.75) is 71.4 Å². The lowest BCUT2D eigenvalue weighted by molar-refractivity contribution is 0.00678. The smallest absolute Gasteiger partial charge is 0.340 e. The van der Waals surface area contributed by atoms with Crippen LogP contribution in [0.15, 0.2) is 42.7 Å². The van der Waals surface area contributed by atoms with Crippen molar-refractivity contribution < 1.29 is 9.53 Å². The fourth-order valence-electron chi connectivity index (χ4n) is 3.84. The first-order chi connectivity index (χ1) is 13.7. The quantitative estimate of drug-likeness (QED) is 0.499. The number of esters is 1. The first-order valence-electron chi connectivity index (χ1n) is 10.5. The number of rotatable bonds is 5. The van der Waals surface area contributed by atoms with Crippen LogP contribution in [-0.4, -0.2) is 21.1 Å². The van der Waals surface area contributed by atoms with Crippen LogP contribution in [0.2, 0.25) is 0 Å². The molecule has 4 rings (SSSR count). The molecule has 0 bridgehead atoms. The third kappa shape index (κ3) is 4.21. The number of carbonyl (C=O) groups excluding carboxylic acids is 1. The molecule has 1 saturated carbocycles. The summed E-state index contributed by atoms with van der Waals surface area (Å²) in [5.41, 5.74) is 4.40. The van der Waals surface area contributed by atoms with Crippen molar-refractivity contribution in [1.82, 2.24) is 9.55 Å². The number of ether oxygens (including phenoxy) is 1. The van der Waals surface area contributed by atoms with Gasteiger partial charge in [-0.2, -0.15) is 0 Å². The summed E-state index contributed by atoms with van der Waals surface area (Å²) in [5, 5.41) is 1.21. The van der Waals surface area contributed by atoms with Gasteiger partial charge < -0.3 is 9.30 Å². The highest BCUT2D eigenvalue weighted by Crippen LogP contribution is 2.40. The highest BCUT2D eigenvalue weighted by Gasteiger charge is 2.27. The van der Waals surface area contributed by atoms with Gasteiger partial charge in [0.15, 0.2) is 0 Å². The van der Waals surface area contributed by atoms with Crippen LogP contribution in [0.5, 0.6) is 0 Å². The first-order valence-corrected chi connectivity index (χ1v) is 10.5. The standard InChI is InChI=1S/C25H30N2O2/c1-16(2)27-12-11-20-18(7-6-8-23(20)27)14-22-21(24(28)29-25(3,4)5)13-19(15-26-22)17-9-10-17/h6-8,11-13,15-17H,9-10,14H2,1-5H3. The highest BCUT2D eigenvalue weighted by atomic mass is 16.6. The molecule has 4 heteroatoms. The van der Waals surface area contributed by atoms with Crippen molar-refractivity contribution in [2.75, 3.05) is 0 Å². The Balaban J connectivity index is 1.73. The van der Waals surface area contributed by atoms with Crippen LogP contribution in [0, 0.1) is 0 Å². The van der Waals surface area contributed by atoms with Crippen LogP contribution in [0.4, 0.5) is 0 Å². The van der Waals surface area contributed by atoms with Gasteiger partial charge in [0.1, 0.15) is 5.60 Å². The van der Waals surface area contributed by atoms with E-state index < -0.39 is 5.60 Å². The summed E-state index contributed by atoms with van der Waals surface area (Å²) in [7, 11) is 0. The zero-order valence-corrected chi connectivity index (χ0v) is 18.0. The minimum atomic E-state index is -0.529. The Hall–Kier alpha value is -2.62. The summed E-state index contributed by atoms with van der Waals surface area (Å²) in [4.78, 5) is 17.7. The predicted molar refractivity (Wildman–Crippen MR) is 117 cm³/mol. The summed E-state index contributed by atoms with van der Waals surface area (Å²) >= 11 is 0. The monoisotopic (exact) mass is 390 g/mol. The molecule has 0 saturated heterocycles. The molecule has 29 heavy (non-hydrogen) atoms. The van der Waals surface area contributed by atoms with Crippen LogP contribution >= 0.6 is 0 Å². The highest BCUT2D eigenvalue weighted by molar-refractivity contribution is 5.92. The fraction of sp³-hybridized carbons (Fsp3) is 0.440. The molecule has 0 unspecified atom stereocenters. The van der Waals surface area contributed by atoms with Gasteiger partial charge in [0.25, 0.3) is 0 Å². The van der Waals surface area contributed by atoms with E-state index in [1.54, 1.807) is 0 Å². The van der Waals surface area contributed by atoms with Crippen LogP contribution in [0.3, 0.4) is 0 Å². The lowest BCUT2D eigenvalue weighted by Gasteiger charge is -2.21. The van der Waals surface area contributed by atoms with Crippen molar-refractivity contribution in [1.29, 1.82) is 0 Å². The van der Waals surface area contributed by atoms with Crippen LogP contribution in [0.1, 0.15) is 86.6 Å². The molecule has 4 nitrogen and oxygen atoms in total. The maximum Gasteiger partial charge on any atom is 0.340 e. The number of hydrogen-bond donors (Lipinski definition) is 0. The van der Waals surface area contributed by atoms with Crippen LogP contribution in [0.25, 0.3) is 10.9 Å². The number of benzene rings is 1. The maximum absolute atomic E-state index is 13.0. The molecule has 3 aromatic rings. The molecular weight excluding hydrogens is 360 g/mol. The minimum absolute atomic E-state index is 0.283. The molecule has 0 radical (unpaired) electrons. The summed E-state index contributed by atoms with van der Waals surface area (Å²) in [6.07, 6.45) is 7.05. The van der Waals surface area contributed by atoms with E-state index in [0.717, 1.165) is 11.3 Å². The van der Waals surface area contributed by atoms with E-state index in [0.29, 0.717) is 23.9 Å². The van der Waals surface area contributed by atoms with Gasteiger partial charge in [0, 0.05) is 35.8 Å². The van der Waals surface area contributed by atoms with Gasteiger partial charge in [0.2, 0.25) is 0 Å². The second-order valence-corrected chi connectivity index (χ2v) is 9.38. The number of fused-ring (bicyclic) bond motifs is 1. The zero-order chi connectivity index (χ0) is 20.8. The molecule has 0 atom stereocenters. The molecule has 1 aliphatic carbocycles. The maximum atomic E-state index is 13.0. The summed E-state index contributed by atoms with van der Waals surface area (Å²) in [6.45, 7) is 10.1. The van der Waals surface area contributed by atoms with E-state index in [-0.39, 0.29) is 5.97 Å². The van der Waals surface area contributed by atoms with Gasteiger partial charge in [0.05, 0.1) is 11.3 Å². The van der Waals surface area contributed by atoms with Crippen molar-refractivity contribution >= 4 is 16.9 Å². The number of carbonyl (C=O) groups is 1. The SMILES string of the molecule is CC(C)n1ccc2c(Cc3ncc(C4CC4)cc3C(=O)OC(C)(C)C)cccc21. The molecule has 0 N–H and O–H groups in total. The number of nitrogens with zero attached hydrogens (tertiary/aromatic N) is 2. The second kappa shape index (κ2) is 7.33. The Labute approximate surface area is 172 Å². The molecule has 152 valence electrons. The molecule has 2 aromatic heterocycles. The predicted octanol–water partition coefficient (Wildman–Crippen LogP) is 6.04. The normalized spacial score (nSPS) is 14.6.